The van der Waals surface area contributed by atoms with Crippen LogP contribution in [-0.2, 0) is 11.3 Å². The summed E-state index contributed by atoms with van der Waals surface area (Å²) in [5.74, 6) is 0.761. The standard InChI is InChI=1S/C27H30N6O/c1-18-9-7-10-21(15-18)16-28-27(34)22-11-8-14-32(17-22)26-25-24(19(2)29-30-26)20(3)33(31-25)23-12-5-4-6-13-23/h4-7,9-10,12-13,15,22H,8,11,14,16-17H2,1-3H3,(H,28,34)/t22-/m1/s1. The summed E-state index contributed by atoms with van der Waals surface area (Å²) in [6.45, 7) is 8.11. The van der Waals surface area contributed by atoms with E-state index in [1.165, 1.54) is 5.56 Å². The Kier molecular flexibility index (Phi) is 6.01. The van der Waals surface area contributed by atoms with Crippen molar-refractivity contribution in [3.05, 3.63) is 77.1 Å². The van der Waals surface area contributed by atoms with E-state index in [9.17, 15) is 4.79 Å². The minimum Gasteiger partial charge on any atom is -0.352 e. The van der Waals surface area contributed by atoms with Gasteiger partial charge in [0.15, 0.2) is 5.82 Å². The molecule has 5 rings (SSSR count). The highest BCUT2D eigenvalue weighted by Gasteiger charge is 2.29. The molecule has 0 radical (unpaired) electrons. The third-order valence-corrected chi connectivity index (χ3v) is 6.63. The molecule has 0 saturated carbocycles. The number of amides is 1. The predicted octanol–water partition coefficient (Wildman–Crippen LogP) is 4.27. The molecule has 3 heterocycles. The average molecular weight is 455 g/mol. The van der Waals surface area contributed by atoms with Gasteiger partial charge < -0.3 is 10.2 Å². The Morgan fingerprint density at radius 1 is 1.06 bits per heavy atom. The highest BCUT2D eigenvalue weighted by Crippen LogP contribution is 2.31. The molecule has 0 aliphatic carbocycles. The highest BCUT2D eigenvalue weighted by molar-refractivity contribution is 5.92. The van der Waals surface area contributed by atoms with Gasteiger partial charge in [-0.1, -0.05) is 48.0 Å². The van der Waals surface area contributed by atoms with Crippen molar-refractivity contribution in [3.63, 3.8) is 0 Å². The molecule has 2 aromatic heterocycles. The van der Waals surface area contributed by atoms with Crippen molar-refractivity contribution in [1.29, 1.82) is 0 Å². The molecule has 7 nitrogen and oxygen atoms in total. The number of hydrogen-bond acceptors (Lipinski definition) is 5. The zero-order valence-corrected chi connectivity index (χ0v) is 20.0. The number of piperidine rings is 1. The summed E-state index contributed by atoms with van der Waals surface area (Å²) < 4.78 is 1.96. The van der Waals surface area contributed by atoms with Crippen molar-refractivity contribution >= 4 is 22.6 Å². The van der Waals surface area contributed by atoms with Crippen LogP contribution in [0.2, 0.25) is 0 Å². The fourth-order valence-corrected chi connectivity index (χ4v) is 4.88. The molecule has 1 aliphatic heterocycles. The van der Waals surface area contributed by atoms with Gasteiger partial charge in [-0.3, -0.25) is 4.79 Å². The summed E-state index contributed by atoms with van der Waals surface area (Å²) in [4.78, 5) is 15.2. The first-order chi connectivity index (χ1) is 16.5. The number of fused-ring (bicyclic) bond motifs is 1. The number of para-hydroxylation sites is 1. The second-order valence-corrected chi connectivity index (χ2v) is 9.16. The SMILES string of the molecule is Cc1cccc(CNC(=O)[C@@H]2CCCN(c3nnc(C)c4c(C)n(-c5ccccc5)nc34)C2)c1. The highest BCUT2D eigenvalue weighted by atomic mass is 16.1. The van der Waals surface area contributed by atoms with Crippen LogP contribution in [0.4, 0.5) is 5.82 Å². The van der Waals surface area contributed by atoms with Crippen LogP contribution in [0.5, 0.6) is 0 Å². The van der Waals surface area contributed by atoms with E-state index in [0.29, 0.717) is 13.1 Å². The van der Waals surface area contributed by atoms with Crippen LogP contribution < -0.4 is 10.2 Å². The number of hydrogen-bond donors (Lipinski definition) is 1. The Morgan fingerprint density at radius 3 is 2.68 bits per heavy atom. The fourth-order valence-electron chi connectivity index (χ4n) is 4.88. The van der Waals surface area contributed by atoms with Gasteiger partial charge in [-0.25, -0.2) is 4.68 Å². The van der Waals surface area contributed by atoms with Gasteiger partial charge in [-0.2, -0.15) is 10.2 Å². The van der Waals surface area contributed by atoms with E-state index in [1.807, 2.05) is 54.1 Å². The van der Waals surface area contributed by atoms with E-state index in [1.54, 1.807) is 0 Å². The van der Waals surface area contributed by atoms with E-state index in [4.69, 9.17) is 5.10 Å². The molecule has 1 N–H and O–H groups in total. The lowest BCUT2D eigenvalue weighted by Gasteiger charge is -2.32. The van der Waals surface area contributed by atoms with Crippen LogP contribution in [-0.4, -0.2) is 39.0 Å². The number of aryl methyl sites for hydroxylation is 3. The normalized spacial score (nSPS) is 16.1. The van der Waals surface area contributed by atoms with Crippen molar-refractivity contribution in [1.82, 2.24) is 25.3 Å². The molecule has 0 spiro atoms. The van der Waals surface area contributed by atoms with Crippen LogP contribution >= 0.6 is 0 Å². The summed E-state index contributed by atoms with van der Waals surface area (Å²) >= 11 is 0. The molecular formula is C27H30N6O. The molecule has 1 atom stereocenters. The molecule has 174 valence electrons. The minimum atomic E-state index is -0.0889. The molecule has 1 fully saturated rings. The van der Waals surface area contributed by atoms with Crippen LogP contribution in [0.1, 0.15) is 35.4 Å². The van der Waals surface area contributed by atoms with Crippen LogP contribution in [0, 0.1) is 26.7 Å². The number of nitrogens with zero attached hydrogens (tertiary/aromatic N) is 5. The van der Waals surface area contributed by atoms with Gasteiger partial charge in [0.05, 0.1) is 28.4 Å². The van der Waals surface area contributed by atoms with Gasteiger partial charge >= 0.3 is 0 Å². The van der Waals surface area contributed by atoms with Crippen molar-refractivity contribution in [2.75, 3.05) is 18.0 Å². The first-order valence-electron chi connectivity index (χ1n) is 11.9. The van der Waals surface area contributed by atoms with Crippen molar-refractivity contribution < 1.29 is 4.79 Å². The zero-order chi connectivity index (χ0) is 23.7. The summed E-state index contributed by atoms with van der Waals surface area (Å²) in [6, 6.07) is 18.4. The van der Waals surface area contributed by atoms with Gasteiger partial charge in [-0.05, 0) is 51.3 Å². The maximum Gasteiger partial charge on any atom is 0.225 e. The molecule has 1 aliphatic rings. The third kappa shape index (κ3) is 4.25. The van der Waals surface area contributed by atoms with Gasteiger partial charge in [-0.15, -0.1) is 5.10 Å². The first-order valence-corrected chi connectivity index (χ1v) is 11.9. The fraction of sp³-hybridized carbons (Fsp3) is 0.333. The maximum atomic E-state index is 13.0. The van der Waals surface area contributed by atoms with Crippen LogP contribution in [0.3, 0.4) is 0 Å². The Hall–Kier alpha value is -3.74. The number of anilines is 1. The lowest BCUT2D eigenvalue weighted by molar-refractivity contribution is -0.125. The zero-order valence-electron chi connectivity index (χ0n) is 20.0. The molecule has 1 saturated heterocycles. The van der Waals surface area contributed by atoms with E-state index in [2.05, 4.69) is 46.4 Å². The van der Waals surface area contributed by atoms with Gasteiger partial charge in [0.2, 0.25) is 5.91 Å². The van der Waals surface area contributed by atoms with Crippen molar-refractivity contribution in [2.45, 2.75) is 40.2 Å². The molecule has 7 heteroatoms. The molecule has 0 unspecified atom stereocenters. The number of nitrogens with one attached hydrogen (secondary N) is 1. The molecule has 4 aromatic rings. The predicted molar refractivity (Wildman–Crippen MR) is 134 cm³/mol. The van der Waals surface area contributed by atoms with E-state index >= 15 is 0 Å². The van der Waals surface area contributed by atoms with E-state index in [-0.39, 0.29) is 11.8 Å². The number of carbonyl (C=O) groups is 1. The Balaban J connectivity index is 1.39. The monoisotopic (exact) mass is 454 g/mol. The quantitative estimate of drug-likeness (QED) is 0.487. The third-order valence-electron chi connectivity index (χ3n) is 6.63. The van der Waals surface area contributed by atoms with Crippen LogP contribution in [0.25, 0.3) is 16.6 Å². The van der Waals surface area contributed by atoms with E-state index < -0.39 is 0 Å². The summed E-state index contributed by atoms with van der Waals surface area (Å²) in [7, 11) is 0. The Morgan fingerprint density at radius 2 is 1.88 bits per heavy atom. The van der Waals surface area contributed by atoms with Crippen molar-refractivity contribution in [3.8, 4) is 5.69 Å². The molecule has 1 amide bonds. The topological polar surface area (TPSA) is 75.9 Å². The Bertz CT molecular complexity index is 1330. The Labute approximate surface area is 199 Å². The van der Waals surface area contributed by atoms with E-state index in [0.717, 1.165) is 58.7 Å². The summed E-state index contributed by atoms with van der Waals surface area (Å²) in [6.07, 6.45) is 1.80. The second kappa shape index (κ2) is 9.25. The molecule has 0 bridgehead atoms. The lowest BCUT2D eigenvalue weighted by atomic mass is 9.96. The maximum absolute atomic E-state index is 13.0. The van der Waals surface area contributed by atoms with Gasteiger partial charge in [0.25, 0.3) is 0 Å². The van der Waals surface area contributed by atoms with Crippen molar-refractivity contribution in [2.24, 2.45) is 5.92 Å². The molecular weight excluding hydrogens is 424 g/mol. The lowest BCUT2D eigenvalue weighted by Crippen LogP contribution is -2.43. The molecule has 34 heavy (non-hydrogen) atoms. The number of rotatable bonds is 5. The second-order valence-electron chi connectivity index (χ2n) is 9.16. The number of carbonyl (C=O) groups excluding carboxylic acids is 1. The first kappa shape index (κ1) is 22.1. The minimum absolute atomic E-state index is 0.0889. The summed E-state index contributed by atoms with van der Waals surface area (Å²) in [5, 5.41) is 18.1. The number of aromatic nitrogens is 4. The smallest absolute Gasteiger partial charge is 0.225 e. The van der Waals surface area contributed by atoms with Gasteiger partial charge in [0.1, 0.15) is 5.52 Å². The largest absolute Gasteiger partial charge is 0.352 e. The van der Waals surface area contributed by atoms with Crippen LogP contribution in [0.15, 0.2) is 54.6 Å². The van der Waals surface area contributed by atoms with Gasteiger partial charge in [0, 0.05) is 19.6 Å². The average Bonchev–Trinajstić information content (AvgIpc) is 3.21. The number of benzene rings is 2. The summed E-state index contributed by atoms with van der Waals surface area (Å²) in [5.41, 5.74) is 6.07. The molecule has 2 aromatic carbocycles.